The van der Waals surface area contributed by atoms with Crippen molar-refractivity contribution in [3.63, 3.8) is 0 Å². The number of hydrogen-bond acceptors (Lipinski definition) is 2. The molecule has 0 aliphatic rings. The number of thiophene rings is 1. The quantitative estimate of drug-likeness (QED) is 0.166. The van der Waals surface area contributed by atoms with Gasteiger partial charge in [-0.3, -0.25) is 0 Å². The maximum Gasteiger partial charge on any atom is 0.0561 e. The Bertz CT molecular complexity index is 3220. The van der Waals surface area contributed by atoms with Crippen LogP contribution < -0.4 is 4.90 Å². The molecule has 3 heteroatoms. The molecule has 9 aromatic carbocycles. The molecule has 0 radical (unpaired) electrons. The highest BCUT2D eigenvalue weighted by molar-refractivity contribution is 7.25. The van der Waals surface area contributed by atoms with Crippen LogP contribution in [0.25, 0.3) is 80.7 Å². The second-order valence-corrected chi connectivity index (χ2v) is 15.2. The molecule has 11 rings (SSSR count). The minimum atomic E-state index is 1.09. The second-order valence-electron chi connectivity index (χ2n) is 14.1. The van der Waals surface area contributed by atoms with Gasteiger partial charge in [0.25, 0.3) is 0 Å². The van der Waals surface area contributed by atoms with E-state index in [1.165, 1.54) is 75.0 Å². The molecule has 0 spiro atoms. The van der Waals surface area contributed by atoms with Gasteiger partial charge in [0.15, 0.2) is 0 Å². The lowest BCUT2D eigenvalue weighted by Crippen LogP contribution is -2.12. The molecule has 0 fully saturated rings. The van der Waals surface area contributed by atoms with E-state index in [9.17, 15) is 0 Å². The molecule has 0 atom stereocenters. The molecule has 55 heavy (non-hydrogen) atoms. The Kier molecular flexibility index (Phi) is 7.39. The van der Waals surface area contributed by atoms with Crippen molar-refractivity contribution in [1.29, 1.82) is 0 Å². The lowest BCUT2D eigenvalue weighted by Gasteiger charge is -2.30. The van der Waals surface area contributed by atoms with Crippen LogP contribution in [-0.2, 0) is 0 Å². The summed E-state index contributed by atoms with van der Waals surface area (Å²) in [6.45, 7) is 0. The van der Waals surface area contributed by atoms with Gasteiger partial charge in [-0.05, 0) is 82.6 Å². The molecule has 11 aromatic rings. The number of anilines is 3. The summed E-state index contributed by atoms with van der Waals surface area (Å²) < 4.78 is 5.03. The lowest BCUT2D eigenvalue weighted by molar-refractivity contribution is 1.18. The number of fused-ring (bicyclic) bond motifs is 7. The van der Waals surface area contributed by atoms with E-state index in [1.54, 1.807) is 0 Å². The molecule has 0 aliphatic carbocycles. The smallest absolute Gasteiger partial charge is 0.0561 e. The van der Waals surface area contributed by atoms with Gasteiger partial charge in [-0.25, -0.2) is 0 Å². The highest BCUT2D eigenvalue weighted by atomic mass is 32.1. The average molecular weight is 719 g/mol. The topological polar surface area (TPSA) is 8.17 Å². The molecule has 0 N–H and O–H groups in total. The number of para-hydroxylation sites is 4. The largest absolute Gasteiger partial charge is 0.309 e. The van der Waals surface area contributed by atoms with Crippen molar-refractivity contribution in [1.82, 2.24) is 4.57 Å². The van der Waals surface area contributed by atoms with E-state index in [0.29, 0.717) is 0 Å². The van der Waals surface area contributed by atoms with Gasteiger partial charge in [0.2, 0.25) is 0 Å². The van der Waals surface area contributed by atoms with Crippen LogP contribution in [0.15, 0.2) is 206 Å². The first-order valence-corrected chi connectivity index (χ1v) is 19.6. The Morgan fingerprint density at radius 1 is 0.364 bits per heavy atom. The molecule has 0 unspecified atom stereocenters. The van der Waals surface area contributed by atoms with Gasteiger partial charge in [-0.2, -0.15) is 0 Å². The summed E-state index contributed by atoms with van der Waals surface area (Å²) in [7, 11) is 0. The first kappa shape index (κ1) is 31.6. The van der Waals surface area contributed by atoms with Crippen molar-refractivity contribution in [2.24, 2.45) is 0 Å². The number of nitrogens with zero attached hydrogens (tertiary/aromatic N) is 2. The fraction of sp³-hybridized carbons (Fsp3) is 0. The molecule has 0 saturated carbocycles. The van der Waals surface area contributed by atoms with Gasteiger partial charge in [0.1, 0.15) is 0 Å². The van der Waals surface area contributed by atoms with Gasteiger partial charge in [0, 0.05) is 53.4 Å². The van der Waals surface area contributed by atoms with Crippen LogP contribution in [0.5, 0.6) is 0 Å². The summed E-state index contributed by atoms with van der Waals surface area (Å²) in [5.74, 6) is 0. The Labute approximate surface area is 323 Å². The third kappa shape index (κ3) is 5.16. The number of rotatable bonds is 6. The molecular formula is C52H34N2S. The molecule has 0 bridgehead atoms. The fourth-order valence-electron chi connectivity index (χ4n) is 8.52. The maximum atomic E-state index is 2.48. The monoisotopic (exact) mass is 718 g/mol. The van der Waals surface area contributed by atoms with Crippen molar-refractivity contribution >= 4 is 81.1 Å². The molecule has 0 aliphatic heterocycles. The first-order chi connectivity index (χ1) is 27.3. The van der Waals surface area contributed by atoms with Crippen LogP contribution >= 0.6 is 11.3 Å². The van der Waals surface area contributed by atoms with Crippen molar-refractivity contribution in [3.05, 3.63) is 206 Å². The lowest BCUT2D eigenvalue weighted by atomic mass is 9.95. The maximum absolute atomic E-state index is 2.48. The third-order valence-corrected chi connectivity index (χ3v) is 12.1. The summed E-state index contributed by atoms with van der Waals surface area (Å²) in [6.07, 6.45) is 0. The Morgan fingerprint density at radius 3 is 1.85 bits per heavy atom. The van der Waals surface area contributed by atoms with Gasteiger partial charge in [0.05, 0.1) is 22.4 Å². The highest BCUT2D eigenvalue weighted by Gasteiger charge is 2.23. The van der Waals surface area contributed by atoms with E-state index in [-0.39, 0.29) is 0 Å². The minimum absolute atomic E-state index is 1.09. The summed E-state index contributed by atoms with van der Waals surface area (Å²) >= 11 is 1.86. The average Bonchev–Trinajstić information content (AvgIpc) is 3.79. The molecule has 2 heterocycles. The van der Waals surface area contributed by atoms with E-state index in [4.69, 9.17) is 0 Å². The molecular weight excluding hydrogens is 685 g/mol. The van der Waals surface area contributed by atoms with Crippen molar-refractivity contribution in [2.45, 2.75) is 0 Å². The summed E-state index contributed by atoms with van der Waals surface area (Å²) in [6, 6.07) is 75.3. The number of benzene rings is 9. The predicted molar refractivity (Wildman–Crippen MR) is 237 cm³/mol. The zero-order chi connectivity index (χ0) is 36.3. The Hall–Kier alpha value is -6.94. The molecule has 2 aromatic heterocycles. The van der Waals surface area contributed by atoms with Crippen LogP contribution in [0, 0.1) is 0 Å². The molecule has 2 nitrogen and oxygen atoms in total. The number of hydrogen-bond donors (Lipinski definition) is 0. The SMILES string of the molecule is c1ccc(-n2c3ccccc3c3ccc(N(c4ccccc4-c4ccc5sc6ccccc6c5c4)c4ccccc4-c4cccc5ccccc45)cc32)cc1. The normalized spacial score (nSPS) is 11.6. The third-order valence-electron chi connectivity index (χ3n) is 11.0. The summed E-state index contributed by atoms with van der Waals surface area (Å²) in [4.78, 5) is 2.48. The molecule has 258 valence electrons. The van der Waals surface area contributed by atoms with Gasteiger partial charge in [-0.1, -0.05) is 146 Å². The standard InChI is InChI=1S/C52H34N2S/c1-2-17-37(18-3-1)53-49-27-12-8-22-43(49)44-31-30-38(34-50(44)53)54(48-26-11-7-21-42(48)41-24-14-16-35-15-4-5-19-39(35)41)47-25-10-6-20-40(47)36-29-32-52-46(33-36)45-23-9-13-28-51(45)55-52/h1-34H. The van der Waals surface area contributed by atoms with Crippen LogP contribution in [0.3, 0.4) is 0 Å². The first-order valence-electron chi connectivity index (χ1n) is 18.8. The van der Waals surface area contributed by atoms with Crippen LogP contribution in [-0.4, -0.2) is 4.57 Å². The van der Waals surface area contributed by atoms with Gasteiger partial charge < -0.3 is 9.47 Å². The van der Waals surface area contributed by atoms with Crippen LogP contribution in [0.2, 0.25) is 0 Å². The van der Waals surface area contributed by atoms with E-state index in [1.807, 2.05) is 11.3 Å². The van der Waals surface area contributed by atoms with Crippen molar-refractivity contribution in [2.75, 3.05) is 4.90 Å². The highest BCUT2D eigenvalue weighted by Crippen LogP contribution is 2.48. The van der Waals surface area contributed by atoms with E-state index >= 15 is 0 Å². The number of aromatic nitrogens is 1. The van der Waals surface area contributed by atoms with E-state index in [0.717, 1.165) is 22.7 Å². The van der Waals surface area contributed by atoms with Crippen molar-refractivity contribution < 1.29 is 0 Å². The van der Waals surface area contributed by atoms with E-state index in [2.05, 4.69) is 216 Å². The minimum Gasteiger partial charge on any atom is -0.309 e. The fourth-order valence-corrected chi connectivity index (χ4v) is 9.61. The van der Waals surface area contributed by atoms with Crippen LogP contribution in [0.4, 0.5) is 17.1 Å². The Balaban J connectivity index is 1.20. The molecule has 0 saturated heterocycles. The zero-order valence-electron chi connectivity index (χ0n) is 29.9. The van der Waals surface area contributed by atoms with Crippen molar-refractivity contribution in [3.8, 4) is 27.9 Å². The second kappa shape index (κ2) is 12.9. The predicted octanol–water partition coefficient (Wildman–Crippen LogP) is 15.1. The van der Waals surface area contributed by atoms with Gasteiger partial charge in [-0.15, -0.1) is 11.3 Å². The summed E-state index contributed by atoms with van der Waals surface area (Å²) in [5.41, 5.74) is 11.6. The van der Waals surface area contributed by atoms with Gasteiger partial charge >= 0.3 is 0 Å². The zero-order valence-corrected chi connectivity index (χ0v) is 30.7. The summed E-state index contributed by atoms with van der Waals surface area (Å²) in [5, 5.41) is 7.54. The Morgan fingerprint density at radius 2 is 0.982 bits per heavy atom. The van der Waals surface area contributed by atoms with Crippen LogP contribution in [0.1, 0.15) is 0 Å². The van der Waals surface area contributed by atoms with E-state index < -0.39 is 0 Å². The molecule has 0 amide bonds.